The molecule has 0 saturated carbocycles. The van der Waals surface area contributed by atoms with Crippen LogP contribution in [-0.2, 0) is 0 Å². The van der Waals surface area contributed by atoms with Crippen LogP contribution in [-0.4, -0.2) is 13.2 Å². The Balaban J connectivity index is 1.88. The Bertz CT molecular complexity index is 584. The van der Waals surface area contributed by atoms with Crippen molar-refractivity contribution < 1.29 is 4.74 Å². The highest BCUT2D eigenvalue weighted by atomic mass is 79.9. The lowest BCUT2D eigenvalue weighted by atomic mass is 10.3. The largest absolute Gasteiger partial charge is 0.492 e. The zero-order valence-electron chi connectivity index (χ0n) is 10.3. The molecule has 20 heavy (non-hydrogen) atoms. The minimum atomic E-state index is 0.513. The number of hydrogen-bond donors (Lipinski definition) is 1. The minimum Gasteiger partial charge on any atom is -0.492 e. The van der Waals surface area contributed by atoms with E-state index >= 15 is 0 Å². The van der Waals surface area contributed by atoms with Crippen LogP contribution in [0.1, 0.15) is 0 Å². The molecule has 0 saturated heterocycles. The van der Waals surface area contributed by atoms with Gasteiger partial charge in [0.2, 0.25) is 0 Å². The van der Waals surface area contributed by atoms with Crippen molar-refractivity contribution in [3.63, 3.8) is 0 Å². The maximum Gasteiger partial charge on any atom is 0.120 e. The lowest BCUT2D eigenvalue weighted by molar-refractivity contribution is 0.332. The molecule has 0 bridgehead atoms. The molecule has 0 unspecified atom stereocenters. The van der Waals surface area contributed by atoms with Crippen LogP contribution in [0.4, 0.5) is 5.69 Å². The number of rotatable bonds is 5. The Hall–Kier alpha value is -0.420. The molecule has 0 spiro atoms. The van der Waals surface area contributed by atoms with Crippen LogP contribution in [0.25, 0.3) is 0 Å². The first-order valence-corrected chi connectivity index (χ1v) is 8.17. The molecule has 6 heteroatoms. The van der Waals surface area contributed by atoms with Gasteiger partial charge in [0, 0.05) is 15.5 Å². The zero-order chi connectivity index (χ0) is 14.5. The van der Waals surface area contributed by atoms with Crippen molar-refractivity contribution >= 4 is 60.7 Å². The molecule has 0 fully saturated rings. The Morgan fingerprint density at radius 1 is 1.00 bits per heavy atom. The molecule has 2 nitrogen and oxygen atoms in total. The van der Waals surface area contributed by atoms with Crippen LogP contribution < -0.4 is 10.1 Å². The van der Waals surface area contributed by atoms with Crippen molar-refractivity contribution in [1.82, 2.24) is 0 Å². The fourth-order valence-corrected chi connectivity index (χ4v) is 3.33. The van der Waals surface area contributed by atoms with E-state index in [2.05, 4.69) is 37.2 Å². The van der Waals surface area contributed by atoms with Crippen LogP contribution in [0.3, 0.4) is 0 Å². The summed E-state index contributed by atoms with van der Waals surface area (Å²) in [5, 5.41) is 4.32. The van der Waals surface area contributed by atoms with E-state index in [1.54, 1.807) is 12.1 Å². The standard InChI is InChI=1S/C14H11Br2Cl2NO/c15-9-2-1-3-11(6-9)20-5-4-19-14-12(17)7-10(16)8-13(14)18/h1-3,6-8,19H,4-5H2. The monoisotopic (exact) mass is 437 g/mol. The lowest BCUT2D eigenvalue weighted by Gasteiger charge is -2.12. The molecule has 2 aromatic carbocycles. The van der Waals surface area contributed by atoms with Gasteiger partial charge in [-0.2, -0.15) is 0 Å². The van der Waals surface area contributed by atoms with E-state index in [1.807, 2.05) is 24.3 Å². The number of nitrogens with one attached hydrogen (secondary N) is 1. The number of ether oxygens (including phenoxy) is 1. The van der Waals surface area contributed by atoms with E-state index < -0.39 is 0 Å². The molecule has 0 aromatic heterocycles. The smallest absolute Gasteiger partial charge is 0.120 e. The maximum atomic E-state index is 6.13. The normalized spacial score (nSPS) is 10.4. The SMILES string of the molecule is Clc1cc(Br)cc(Cl)c1NCCOc1cccc(Br)c1. The molecule has 0 aliphatic rings. The highest BCUT2D eigenvalue weighted by molar-refractivity contribution is 9.10. The fourth-order valence-electron chi connectivity index (χ4n) is 1.61. The second-order valence-corrected chi connectivity index (χ2v) is 6.62. The van der Waals surface area contributed by atoms with Crippen molar-refractivity contribution in [3.05, 3.63) is 55.4 Å². The van der Waals surface area contributed by atoms with Gasteiger partial charge in [-0.1, -0.05) is 61.1 Å². The lowest BCUT2D eigenvalue weighted by Crippen LogP contribution is -2.12. The van der Waals surface area contributed by atoms with E-state index in [0.717, 1.165) is 20.4 Å². The summed E-state index contributed by atoms with van der Waals surface area (Å²) in [5.74, 6) is 0.814. The van der Waals surface area contributed by atoms with Crippen LogP contribution in [0.2, 0.25) is 10.0 Å². The van der Waals surface area contributed by atoms with Gasteiger partial charge in [0.25, 0.3) is 0 Å². The summed E-state index contributed by atoms with van der Waals surface area (Å²) in [7, 11) is 0. The Morgan fingerprint density at radius 3 is 2.35 bits per heavy atom. The molecule has 0 amide bonds. The van der Waals surface area contributed by atoms with Gasteiger partial charge in [0.15, 0.2) is 0 Å². The quantitative estimate of drug-likeness (QED) is 0.576. The molecule has 0 atom stereocenters. The van der Waals surface area contributed by atoms with Crippen LogP contribution >= 0.6 is 55.1 Å². The third kappa shape index (κ3) is 4.55. The highest BCUT2D eigenvalue weighted by Crippen LogP contribution is 2.33. The molecule has 1 N–H and O–H groups in total. The summed E-state index contributed by atoms with van der Waals surface area (Å²) in [6.45, 7) is 1.12. The predicted octanol–water partition coefficient (Wildman–Crippen LogP) is 6.01. The average molecular weight is 440 g/mol. The first kappa shape index (κ1) is 16.0. The van der Waals surface area contributed by atoms with Crippen LogP contribution in [0, 0.1) is 0 Å². The molecule has 0 aliphatic carbocycles. The Kier molecular flexibility index (Phi) is 6.02. The van der Waals surface area contributed by atoms with E-state index in [4.69, 9.17) is 27.9 Å². The number of halogens is 4. The van der Waals surface area contributed by atoms with Gasteiger partial charge in [0.1, 0.15) is 12.4 Å². The maximum absolute atomic E-state index is 6.13. The predicted molar refractivity (Wildman–Crippen MR) is 92.3 cm³/mol. The van der Waals surface area contributed by atoms with Gasteiger partial charge in [-0.05, 0) is 30.3 Å². The molecular formula is C14H11Br2Cl2NO. The number of hydrogen-bond acceptors (Lipinski definition) is 2. The van der Waals surface area contributed by atoms with Crippen molar-refractivity contribution in [2.24, 2.45) is 0 Å². The second kappa shape index (κ2) is 7.55. The zero-order valence-corrected chi connectivity index (χ0v) is 15.0. The van der Waals surface area contributed by atoms with E-state index in [1.165, 1.54) is 0 Å². The molecule has 2 rings (SSSR count). The van der Waals surface area contributed by atoms with E-state index in [9.17, 15) is 0 Å². The molecule has 2 aromatic rings. The second-order valence-electron chi connectivity index (χ2n) is 3.98. The first-order valence-electron chi connectivity index (χ1n) is 5.83. The Labute approximate surface area is 144 Å². The van der Waals surface area contributed by atoms with Crippen LogP contribution in [0.15, 0.2) is 45.3 Å². The summed E-state index contributed by atoms with van der Waals surface area (Å²) < 4.78 is 7.46. The van der Waals surface area contributed by atoms with Crippen molar-refractivity contribution in [1.29, 1.82) is 0 Å². The first-order chi connectivity index (χ1) is 9.56. The molecule has 0 aliphatic heterocycles. The van der Waals surface area contributed by atoms with Crippen molar-refractivity contribution in [2.75, 3.05) is 18.5 Å². The van der Waals surface area contributed by atoms with E-state index in [-0.39, 0.29) is 0 Å². The van der Waals surface area contributed by atoms with Gasteiger partial charge in [-0.25, -0.2) is 0 Å². The fraction of sp³-hybridized carbons (Fsp3) is 0.143. The van der Waals surface area contributed by atoms with Crippen LogP contribution in [0.5, 0.6) is 5.75 Å². The summed E-state index contributed by atoms with van der Waals surface area (Å²) in [6.07, 6.45) is 0. The van der Waals surface area contributed by atoms with Gasteiger partial charge >= 0.3 is 0 Å². The molecule has 106 valence electrons. The van der Waals surface area contributed by atoms with Gasteiger partial charge in [0.05, 0.1) is 15.7 Å². The van der Waals surface area contributed by atoms with Crippen molar-refractivity contribution in [2.45, 2.75) is 0 Å². The van der Waals surface area contributed by atoms with Gasteiger partial charge < -0.3 is 10.1 Å². The summed E-state index contributed by atoms with van der Waals surface area (Å²) in [6, 6.07) is 11.3. The average Bonchev–Trinajstić information content (AvgIpc) is 2.36. The molecular weight excluding hydrogens is 429 g/mol. The minimum absolute atomic E-state index is 0.513. The summed E-state index contributed by atoms with van der Waals surface area (Å²) in [5.41, 5.74) is 0.717. The molecule has 0 heterocycles. The van der Waals surface area contributed by atoms with Gasteiger partial charge in [-0.15, -0.1) is 0 Å². The summed E-state index contributed by atoms with van der Waals surface area (Å²) in [4.78, 5) is 0. The van der Waals surface area contributed by atoms with Gasteiger partial charge in [-0.3, -0.25) is 0 Å². The highest BCUT2D eigenvalue weighted by Gasteiger charge is 2.06. The third-order valence-corrected chi connectivity index (χ3v) is 4.02. The van der Waals surface area contributed by atoms with E-state index in [0.29, 0.717) is 23.2 Å². The number of benzene rings is 2. The third-order valence-electron chi connectivity index (χ3n) is 2.48. The topological polar surface area (TPSA) is 21.3 Å². The summed E-state index contributed by atoms with van der Waals surface area (Å²) >= 11 is 19.0. The number of anilines is 1. The van der Waals surface area contributed by atoms with Crippen molar-refractivity contribution in [3.8, 4) is 5.75 Å². The Morgan fingerprint density at radius 2 is 1.70 bits per heavy atom. The molecule has 0 radical (unpaired) electrons.